The smallest absolute Gasteiger partial charge is 0.419 e. The minimum absolute atomic E-state index is 0.0610. The molecule has 140 valence electrons. The molecule has 0 spiro atoms. The fourth-order valence-corrected chi connectivity index (χ4v) is 3.31. The number of nitrogens with zero attached hydrogens (tertiary/aromatic N) is 2. The van der Waals surface area contributed by atoms with Crippen LogP contribution >= 0.6 is 0 Å². The Bertz CT molecular complexity index is 1170. The largest absolute Gasteiger partial charge is 0.464 e. The van der Waals surface area contributed by atoms with Gasteiger partial charge in [0.15, 0.2) is 0 Å². The maximum atomic E-state index is 11.8. The molecule has 0 aliphatic rings. The minimum Gasteiger partial charge on any atom is -0.464 e. The average Bonchev–Trinajstić information content (AvgIpc) is 2.62. The lowest BCUT2D eigenvalue weighted by Gasteiger charge is -2.10. The van der Waals surface area contributed by atoms with Gasteiger partial charge in [-0.05, 0) is 28.8 Å². The van der Waals surface area contributed by atoms with E-state index in [0.717, 1.165) is 16.5 Å². The molecule has 0 atom stereocenters. The van der Waals surface area contributed by atoms with E-state index in [4.69, 9.17) is 5.11 Å². The molecule has 2 aromatic heterocycles. The first-order chi connectivity index (χ1) is 12.8. The molecule has 2 heterocycles. The Balaban J connectivity index is 1.86. The number of hydrogen-bond donors (Lipinski definition) is 3. The summed E-state index contributed by atoms with van der Waals surface area (Å²) in [5, 5.41) is 9.29. The first-order valence-corrected chi connectivity index (χ1v) is 9.29. The number of fused-ring (bicyclic) bond motifs is 1. The van der Waals surface area contributed by atoms with Crippen molar-refractivity contribution in [3.8, 4) is 11.1 Å². The van der Waals surface area contributed by atoms with Crippen LogP contribution in [0, 0.1) is 0 Å². The number of nitrogens with one attached hydrogen (secondary N) is 2. The minimum atomic E-state index is -4.12. The number of carbonyl (C=O) groups is 1. The van der Waals surface area contributed by atoms with Crippen LogP contribution in [-0.4, -0.2) is 29.2 Å². The van der Waals surface area contributed by atoms with Crippen LogP contribution in [-0.2, 0) is 23.8 Å². The van der Waals surface area contributed by atoms with Crippen molar-refractivity contribution in [2.45, 2.75) is 6.54 Å². The van der Waals surface area contributed by atoms with Gasteiger partial charge in [-0.1, -0.05) is 24.3 Å². The molecule has 0 aliphatic carbocycles. The van der Waals surface area contributed by atoms with E-state index in [2.05, 4.69) is 9.71 Å². The van der Waals surface area contributed by atoms with Crippen molar-refractivity contribution in [1.82, 2.24) is 19.0 Å². The number of pyridine rings is 2. The van der Waals surface area contributed by atoms with Gasteiger partial charge < -0.3 is 5.11 Å². The zero-order valence-electron chi connectivity index (χ0n) is 14.2. The van der Waals surface area contributed by atoms with Crippen molar-refractivity contribution >= 4 is 27.3 Å². The van der Waals surface area contributed by atoms with Gasteiger partial charge in [-0.3, -0.25) is 9.36 Å². The molecule has 0 fully saturated rings. The van der Waals surface area contributed by atoms with Crippen LogP contribution in [0.15, 0.2) is 53.5 Å². The summed E-state index contributed by atoms with van der Waals surface area (Å²) in [6, 6.07) is 12.1. The molecular weight excluding hydrogens is 372 g/mol. The summed E-state index contributed by atoms with van der Waals surface area (Å²) < 4.78 is 28.0. The number of carboxylic acid groups (broad SMARTS) is 1. The lowest BCUT2D eigenvalue weighted by Crippen LogP contribution is -2.39. The fraction of sp³-hybridized carbons (Fsp3) is 0.118. The second-order valence-electron chi connectivity index (χ2n) is 5.76. The van der Waals surface area contributed by atoms with E-state index in [1.165, 1.54) is 15.4 Å². The Morgan fingerprint density at radius 1 is 1.15 bits per heavy atom. The highest BCUT2D eigenvalue weighted by Crippen LogP contribution is 2.26. The second kappa shape index (κ2) is 7.17. The Labute approximate surface area is 154 Å². The first-order valence-electron chi connectivity index (χ1n) is 7.81. The Hall–Kier alpha value is -3.24. The van der Waals surface area contributed by atoms with Crippen LogP contribution in [0.2, 0.25) is 0 Å². The van der Waals surface area contributed by atoms with Crippen LogP contribution < -0.4 is 15.0 Å². The SMILES string of the molecule is Cn1c(=O)ccc2c(-c3ccc(CNS(=O)(=O)NC(=O)O)cc3)ccnc21. The highest BCUT2D eigenvalue weighted by Gasteiger charge is 2.12. The van der Waals surface area contributed by atoms with Gasteiger partial charge in [0.05, 0.1) is 0 Å². The number of hydrogen-bond acceptors (Lipinski definition) is 5. The summed E-state index contributed by atoms with van der Waals surface area (Å²) in [4.78, 5) is 26.5. The van der Waals surface area contributed by atoms with Gasteiger partial charge in [0.25, 0.3) is 5.56 Å². The molecule has 0 bridgehead atoms. The summed E-state index contributed by atoms with van der Waals surface area (Å²) in [6.45, 7) is -0.0610. The van der Waals surface area contributed by atoms with E-state index in [1.54, 1.807) is 31.4 Å². The molecule has 0 unspecified atom stereocenters. The Morgan fingerprint density at radius 3 is 2.52 bits per heavy atom. The van der Waals surface area contributed by atoms with Crippen molar-refractivity contribution in [3.63, 3.8) is 0 Å². The van der Waals surface area contributed by atoms with E-state index in [0.29, 0.717) is 11.2 Å². The zero-order valence-corrected chi connectivity index (χ0v) is 15.0. The lowest BCUT2D eigenvalue weighted by molar-refractivity contribution is 0.201. The molecule has 0 aliphatic heterocycles. The van der Waals surface area contributed by atoms with Gasteiger partial charge in [0, 0.05) is 31.2 Å². The zero-order chi connectivity index (χ0) is 19.6. The number of rotatable bonds is 5. The van der Waals surface area contributed by atoms with E-state index < -0.39 is 16.3 Å². The highest BCUT2D eigenvalue weighted by atomic mass is 32.2. The summed E-state index contributed by atoms with van der Waals surface area (Å²) in [6.07, 6.45) is -0.0340. The molecular formula is C17H16N4O5S. The second-order valence-corrected chi connectivity index (χ2v) is 7.25. The maximum absolute atomic E-state index is 11.8. The summed E-state index contributed by atoms with van der Waals surface area (Å²) in [5.41, 5.74) is 2.83. The summed E-state index contributed by atoms with van der Waals surface area (Å²) >= 11 is 0. The van der Waals surface area contributed by atoms with Crippen LogP contribution in [0.3, 0.4) is 0 Å². The lowest BCUT2D eigenvalue weighted by atomic mass is 10.0. The van der Waals surface area contributed by atoms with Gasteiger partial charge >= 0.3 is 16.3 Å². The molecule has 27 heavy (non-hydrogen) atoms. The van der Waals surface area contributed by atoms with E-state index in [9.17, 15) is 18.0 Å². The number of benzene rings is 1. The number of aromatic nitrogens is 2. The average molecular weight is 388 g/mol. The number of amides is 1. The molecule has 1 amide bonds. The van der Waals surface area contributed by atoms with Crippen molar-refractivity contribution < 1.29 is 18.3 Å². The predicted octanol–water partition coefficient (Wildman–Crippen LogP) is 1.20. The standard InChI is InChI=1S/C17H16N4O5S/c1-21-15(22)7-6-14-13(8-9-18-16(14)21)12-4-2-11(3-5-12)10-19-27(25,26)20-17(23)24/h2-9,19-20H,10H2,1H3,(H,23,24). The molecule has 1 aromatic carbocycles. The van der Waals surface area contributed by atoms with Gasteiger partial charge in [0.1, 0.15) is 5.65 Å². The summed E-state index contributed by atoms with van der Waals surface area (Å²) in [5.74, 6) is 0. The van der Waals surface area contributed by atoms with E-state index >= 15 is 0 Å². The normalized spacial score (nSPS) is 11.4. The molecule has 3 N–H and O–H groups in total. The molecule has 0 saturated carbocycles. The predicted molar refractivity (Wildman–Crippen MR) is 99.3 cm³/mol. The number of aryl methyl sites for hydroxylation is 1. The third-order valence-electron chi connectivity index (χ3n) is 3.96. The molecule has 9 nitrogen and oxygen atoms in total. The monoisotopic (exact) mass is 388 g/mol. The van der Waals surface area contributed by atoms with Gasteiger partial charge in [-0.25, -0.2) is 14.5 Å². The van der Waals surface area contributed by atoms with Crippen molar-refractivity contribution in [2.75, 3.05) is 0 Å². The quantitative estimate of drug-likeness (QED) is 0.602. The molecule has 10 heteroatoms. The van der Waals surface area contributed by atoms with E-state index in [-0.39, 0.29) is 12.1 Å². The van der Waals surface area contributed by atoms with Gasteiger partial charge in [-0.15, -0.1) is 0 Å². The van der Waals surface area contributed by atoms with Crippen LogP contribution in [0.5, 0.6) is 0 Å². The molecule has 3 aromatic rings. The molecule has 0 radical (unpaired) electrons. The Kier molecular flexibility index (Phi) is 4.93. The highest BCUT2D eigenvalue weighted by molar-refractivity contribution is 7.88. The summed E-state index contributed by atoms with van der Waals surface area (Å²) in [7, 11) is -2.46. The van der Waals surface area contributed by atoms with Gasteiger partial charge in [-0.2, -0.15) is 13.1 Å². The third-order valence-corrected chi connectivity index (χ3v) is 4.93. The maximum Gasteiger partial charge on any atom is 0.419 e. The van der Waals surface area contributed by atoms with Gasteiger partial charge in [0.2, 0.25) is 0 Å². The first kappa shape index (κ1) is 18.5. The van der Waals surface area contributed by atoms with E-state index in [1.807, 2.05) is 18.2 Å². The Morgan fingerprint density at radius 2 is 1.85 bits per heavy atom. The third kappa shape index (κ3) is 4.13. The topological polar surface area (TPSA) is 130 Å². The van der Waals surface area contributed by atoms with Crippen LogP contribution in [0.4, 0.5) is 4.79 Å². The van der Waals surface area contributed by atoms with Crippen LogP contribution in [0.25, 0.3) is 22.2 Å². The van der Waals surface area contributed by atoms with Crippen molar-refractivity contribution in [3.05, 3.63) is 64.6 Å². The fourth-order valence-electron chi connectivity index (χ4n) is 2.65. The van der Waals surface area contributed by atoms with Crippen molar-refractivity contribution in [2.24, 2.45) is 7.05 Å². The van der Waals surface area contributed by atoms with Crippen LogP contribution in [0.1, 0.15) is 5.56 Å². The molecule has 0 saturated heterocycles. The molecule has 3 rings (SSSR count). The van der Waals surface area contributed by atoms with Crippen molar-refractivity contribution in [1.29, 1.82) is 0 Å².